The molecule has 0 aliphatic heterocycles. The fourth-order valence-corrected chi connectivity index (χ4v) is 3.05. The molecular formula is C22H16F3N5. The fourth-order valence-electron chi connectivity index (χ4n) is 3.05. The Labute approximate surface area is 170 Å². The third-order valence-electron chi connectivity index (χ3n) is 4.63. The maximum Gasteiger partial charge on any atom is 0.416 e. The van der Waals surface area contributed by atoms with E-state index in [0.717, 1.165) is 28.8 Å². The Morgan fingerprint density at radius 1 is 0.767 bits per heavy atom. The molecule has 0 radical (unpaired) electrons. The summed E-state index contributed by atoms with van der Waals surface area (Å²) in [5.41, 5.74) is 9.31. The number of benzene rings is 2. The van der Waals surface area contributed by atoms with Gasteiger partial charge in [-0.05, 0) is 36.2 Å². The van der Waals surface area contributed by atoms with Crippen molar-refractivity contribution in [3.63, 3.8) is 0 Å². The molecule has 5 nitrogen and oxygen atoms in total. The number of anilines is 1. The molecule has 0 unspecified atom stereocenters. The van der Waals surface area contributed by atoms with Crippen LogP contribution >= 0.6 is 0 Å². The second kappa shape index (κ2) is 7.55. The molecule has 0 atom stereocenters. The topological polar surface area (TPSA) is 77.6 Å². The number of hydrogen-bond donors (Lipinski definition) is 1. The van der Waals surface area contributed by atoms with Gasteiger partial charge in [-0.15, -0.1) is 0 Å². The lowest BCUT2D eigenvalue weighted by Gasteiger charge is -2.10. The highest BCUT2D eigenvalue weighted by Crippen LogP contribution is 2.32. The van der Waals surface area contributed by atoms with Crippen molar-refractivity contribution < 1.29 is 13.2 Å². The number of alkyl halides is 3. The lowest BCUT2D eigenvalue weighted by Crippen LogP contribution is -2.04. The smallest absolute Gasteiger partial charge is 0.368 e. The van der Waals surface area contributed by atoms with Crippen molar-refractivity contribution >= 4 is 5.95 Å². The zero-order valence-electron chi connectivity index (χ0n) is 15.9. The SMILES string of the molecule is Cc1nc(-c2cccc(-c3cnc(N)nc3)c2)ncc1-c1ccc(C(F)(F)F)cc1. The van der Waals surface area contributed by atoms with E-state index >= 15 is 0 Å². The Morgan fingerprint density at radius 2 is 1.43 bits per heavy atom. The Hall–Kier alpha value is -3.81. The van der Waals surface area contributed by atoms with Crippen LogP contribution in [-0.4, -0.2) is 19.9 Å². The number of aryl methyl sites for hydroxylation is 1. The molecule has 2 N–H and O–H groups in total. The molecule has 150 valence electrons. The van der Waals surface area contributed by atoms with Crippen LogP contribution in [0.5, 0.6) is 0 Å². The van der Waals surface area contributed by atoms with Crippen molar-refractivity contribution in [2.24, 2.45) is 0 Å². The number of nitrogens with two attached hydrogens (primary N) is 1. The summed E-state index contributed by atoms with van der Waals surface area (Å²) in [5, 5.41) is 0. The fraction of sp³-hybridized carbons (Fsp3) is 0.0909. The molecule has 0 aliphatic rings. The molecule has 0 amide bonds. The molecule has 0 spiro atoms. The third-order valence-corrected chi connectivity index (χ3v) is 4.63. The van der Waals surface area contributed by atoms with Gasteiger partial charge < -0.3 is 5.73 Å². The number of hydrogen-bond acceptors (Lipinski definition) is 5. The van der Waals surface area contributed by atoms with Crippen molar-refractivity contribution in [3.05, 3.63) is 78.4 Å². The lowest BCUT2D eigenvalue weighted by molar-refractivity contribution is -0.137. The van der Waals surface area contributed by atoms with E-state index in [1.807, 2.05) is 24.3 Å². The van der Waals surface area contributed by atoms with Gasteiger partial charge in [-0.1, -0.05) is 30.3 Å². The number of halogens is 3. The molecule has 0 aliphatic carbocycles. The van der Waals surface area contributed by atoms with Crippen molar-refractivity contribution in [3.8, 4) is 33.6 Å². The predicted molar refractivity (Wildman–Crippen MR) is 108 cm³/mol. The highest BCUT2D eigenvalue weighted by atomic mass is 19.4. The van der Waals surface area contributed by atoms with Crippen molar-refractivity contribution in [1.29, 1.82) is 0 Å². The molecule has 4 aromatic rings. The largest absolute Gasteiger partial charge is 0.416 e. The van der Waals surface area contributed by atoms with Crippen LogP contribution in [0.3, 0.4) is 0 Å². The van der Waals surface area contributed by atoms with Crippen molar-refractivity contribution in [2.75, 3.05) is 5.73 Å². The molecule has 4 rings (SSSR count). The number of aromatic nitrogens is 4. The summed E-state index contributed by atoms with van der Waals surface area (Å²) >= 11 is 0. The minimum atomic E-state index is -4.37. The predicted octanol–water partition coefficient (Wildman–Crippen LogP) is 5.18. The summed E-state index contributed by atoms with van der Waals surface area (Å²) in [5.74, 6) is 0.717. The zero-order valence-corrected chi connectivity index (χ0v) is 15.9. The van der Waals surface area contributed by atoms with Gasteiger partial charge in [0, 0.05) is 41.0 Å². The third kappa shape index (κ3) is 3.98. The number of nitrogen functional groups attached to an aromatic ring is 1. The van der Waals surface area contributed by atoms with E-state index in [9.17, 15) is 13.2 Å². The second-order valence-electron chi connectivity index (χ2n) is 6.68. The first-order valence-electron chi connectivity index (χ1n) is 9.01. The normalized spacial score (nSPS) is 11.5. The molecule has 2 aromatic heterocycles. The van der Waals surface area contributed by atoms with E-state index in [1.54, 1.807) is 25.5 Å². The standard InChI is InChI=1S/C22H16F3N5/c1-13-19(14-5-7-18(8-6-14)22(23,24)25)12-27-20(30-13)16-4-2-3-15(9-16)17-10-28-21(26)29-11-17/h2-12H,1H3,(H2,26,28,29). The van der Waals surface area contributed by atoms with Gasteiger partial charge in [-0.3, -0.25) is 0 Å². The Kier molecular flexibility index (Phi) is 4.91. The van der Waals surface area contributed by atoms with E-state index in [1.165, 1.54) is 12.1 Å². The van der Waals surface area contributed by atoms with Gasteiger partial charge in [-0.2, -0.15) is 13.2 Å². The van der Waals surface area contributed by atoms with Crippen LogP contribution in [0.1, 0.15) is 11.3 Å². The van der Waals surface area contributed by atoms with Crippen LogP contribution in [0.25, 0.3) is 33.6 Å². The summed E-state index contributed by atoms with van der Waals surface area (Å²) in [4.78, 5) is 17.0. The first-order chi connectivity index (χ1) is 14.3. The van der Waals surface area contributed by atoms with Crippen LogP contribution < -0.4 is 5.73 Å². The van der Waals surface area contributed by atoms with E-state index in [0.29, 0.717) is 22.6 Å². The highest BCUT2D eigenvalue weighted by molar-refractivity contribution is 5.71. The van der Waals surface area contributed by atoms with Crippen molar-refractivity contribution in [1.82, 2.24) is 19.9 Å². The molecule has 8 heteroatoms. The molecule has 0 saturated heterocycles. The van der Waals surface area contributed by atoms with Crippen LogP contribution in [0, 0.1) is 6.92 Å². The van der Waals surface area contributed by atoms with Crippen LogP contribution in [0.4, 0.5) is 19.1 Å². The molecular weight excluding hydrogens is 391 g/mol. The monoisotopic (exact) mass is 407 g/mol. The van der Waals surface area contributed by atoms with Crippen LogP contribution in [0.2, 0.25) is 0 Å². The molecule has 0 saturated carbocycles. The molecule has 2 aromatic carbocycles. The molecule has 0 fully saturated rings. The minimum absolute atomic E-state index is 0.202. The highest BCUT2D eigenvalue weighted by Gasteiger charge is 2.30. The van der Waals surface area contributed by atoms with Gasteiger partial charge in [0.2, 0.25) is 5.95 Å². The second-order valence-corrected chi connectivity index (χ2v) is 6.68. The summed E-state index contributed by atoms with van der Waals surface area (Å²) in [6.45, 7) is 1.80. The summed E-state index contributed by atoms with van der Waals surface area (Å²) in [7, 11) is 0. The lowest BCUT2D eigenvalue weighted by atomic mass is 10.0. The first-order valence-corrected chi connectivity index (χ1v) is 9.01. The van der Waals surface area contributed by atoms with Gasteiger partial charge >= 0.3 is 6.18 Å². The van der Waals surface area contributed by atoms with E-state index in [-0.39, 0.29) is 5.95 Å². The first kappa shape index (κ1) is 19.5. The number of rotatable bonds is 3. The number of nitrogens with zero attached hydrogens (tertiary/aromatic N) is 4. The quantitative estimate of drug-likeness (QED) is 0.507. The Balaban J connectivity index is 1.65. The Morgan fingerprint density at radius 3 is 2.07 bits per heavy atom. The van der Waals surface area contributed by atoms with Gasteiger partial charge in [-0.25, -0.2) is 19.9 Å². The van der Waals surface area contributed by atoms with Gasteiger partial charge in [0.15, 0.2) is 5.82 Å². The van der Waals surface area contributed by atoms with E-state index < -0.39 is 11.7 Å². The van der Waals surface area contributed by atoms with Crippen LogP contribution in [-0.2, 0) is 6.18 Å². The van der Waals surface area contributed by atoms with E-state index in [2.05, 4.69) is 19.9 Å². The molecule has 2 heterocycles. The Bertz CT molecular complexity index is 1190. The minimum Gasteiger partial charge on any atom is -0.368 e. The summed E-state index contributed by atoms with van der Waals surface area (Å²) < 4.78 is 38.3. The average molecular weight is 407 g/mol. The van der Waals surface area contributed by atoms with Gasteiger partial charge in [0.05, 0.1) is 5.56 Å². The van der Waals surface area contributed by atoms with Gasteiger partial charge in [0.25, 0.3) is 0 Å². The zero-order chi connectivity index (χ0) is 21.3. The van der Waals surface area contributed by atoms with E-state index in [4.69, 9.17) is 5.73 Å². The van der Waals surface area contributed by atoms with Gasteiger partial charge in [0.1, 0.15) is 0 Å². The average Bonchev–Trinajstić information content (AvgIpc) is 2.74. The summed E-state index contributed by atoms with van der Waals surface area (Å²) in [6, 6.07) is 12.6. The molecule has 0 bridgehead atoms. The maximum atomic E-state index is 12.8. The van der Waals surface area contributed by atoms with Crippen molar-refractivity contribution in [2.45, 2.75) is 13.1 Å². The molecule has 30 heavy (non-hydrogen) atoms. The maximum absolute atomic E-state index is 12.8. The summed E-state index contributed by atoms with van der Waals surface area (Å²) in [6.07, 6.45) is 0.538. The van der Waals surface area contributed by atoms with Crippen LogP contribution in [0.15, 0.2) is 67.1 Å².